The van der Waals surface area contributed by atoms with Crippen molar-refractivity contribution in [1.82, 2.24) is 5.32 Å². The van der Waals surface area contributed by atoms with Gasteiger partial charge in [-0.15, -0.1) is 0 Å². The number of hydrogen-bond acceptors (Lipinski definition) is 1. The third-order valence-electron chi connectivity index (χ3n) is 2.91. The zero-order valence-electron chi connectivity index (χ0n) is 9.48. The Morgan fingerprint density at radius 2 is 2.15 bits per heavy atom. The van der Waals surface area contributed by atoms with E-state index in [1.807, 2.05) is 0 Å². The van der Waals surface area contributed by atoms with E-state index in [1.165, 1.54) is 25.0 Å². The molecule has 13 heavy (non-hydrogen) atoms. The molecule has 1 atom stereocenters. The molecule has 1 aliphatic rings. The lowest BCUT2D eigenvalue weighted by Gasteiger charge is -2.23. The van der Waals surface area contributed by atoms with Crippen molar-refractivity contribution in [3.8, 4) is 0 Å². The van der Waals surface area contributed by atoms with Crippen molar-refractivity contribution in [3.05, 3.63) is 11.8 Å². The van der Waals surface area contributed by atoms with Gasteiger partial charge in [-0.1, -0.05) is 40.2 Å². The van der Waals surface area contributed by atoms with Gasteiger partial charge in [-0.2, -0.15) is 0 Å². The normalized spacial score (nSPS) is 24.6. The van der Waals surface area contributed by atoms with E-state index in [4.69, 9.17) is 0 Å². The lowest BCUT2D eigenvalue weighted by molar-refractivity contribution is 0.451. The third kappa shape index (κ3) is 3.06. The van der Waals surface area contributed by atoms with Crippen LogP contribution in [0.15, 0.2) is 11.8 Å². The Bertz CT molecular complexity index is 186. The summed E-state index contributed by atoms with van der Waals surface area (Å²) in [5, 5.41) is 3.55. The fourth-order valence-electron chi connectivity index (χ4n) is 1.83. The molecule has 76 valence electrons. The van der Waals surface area contributed by atoms with E-state index >= 15 is 0 Å². The molecule has 1 aliphatic heterocycles. The maximum atomic E-state index is 3.55. The first-order chi connectivity index (χ1) is 6.04. The summed E-state index contributed by atoms with van der Waals surface area (Å²) in [5.41, 5.74) is 1.73. The first-order valence-corrected chi connectivity index (χ1v) is 5.48. The first-order valence-electron chi connectivity index (χ1n) is 5.48. The predicted molar refractivity (Wildman–Crippen MR) is 58.6 cm³/mol. The van der Waals surface area contributed by atoms with Crippen LogP contribution in [0.2, 0.25) is 0 Å². The van der Waals surface area contributed by atoms with Gasteiger partial charge in [0.2, 0.25) is 0 Å². The molecule has 0 amide bonds. The molecule has 1 heterocycles. The van der Waals surface area contributed by atoms with Crippen molar-refractivity contribution in [2.75, 3.05) is 6.54 Å². The lowest BCUT2D eigenvalue weighted by atomic mass is 9.90. The summed E-state index contributed by atoms with van der Waals surface area (Å²) < 4.78 is 0. The van der Waals surface area contributed by atoms with Crippen LogP contribution >= 0.6 is 0 Å². The average molecular weight is 181 g/mol. The molecule has 1 heteroatoms. The predicted octanol–water partition coefficient (Wildman–Crippen LogP) is 3.33. The Balaban J connectivity index is 2.62. The average Bonchev–Trinajstić information content (AvgIpc) is 2.26. The van der Waals surface area contributed by atoms with Crippen LogP contribution < -0.4 is 5.32 Å². The number of allylic oxidation sites excluding steroid dienone is 2. The van der Waals surface area contributed by atoms with Crippen molar-refractivity contribution in [2.24, 2.45) is 11.3 Å². The molecule has 0 saturated heterocycles. The molecule has 0 aromatic carbocycles. The van der Waals surface area contributed by atoms with Crippen LogP contribution in [-0.2, 0) is 0 Å². The van der Waals surface area contributed by atoms with Gasteiger partial charge in [-0.3, -0.25) is 0 Å². The molecule has 0 fully saturated rings. The van der Waals surface area contributed by atoms with E-state index in [0.717, 1.165) is 12.5 Å². The van der Waals surface area contributed by atoms with Crippen molar-refractivity contribution in [2.45, 2.75) is 47.0 Å². The molecule has 1 nitrogen and oxygen atoms in total. The van der Waals surface area contributed by atoms with Crippen molar-refractivity contribution < 1.29 is 0 Å². The summed E-state index contributed by atoms with van der Waals surface area (Å²) in [6.45, 7) is 10.3. The molecular formula is C12H23N. The van der Waals surface area contributed by atoms with E-state index in [2.05, 4.69) is 39.1 Å². The summed E-state index contributed by atoms with van der Waals surface area (Å²) in [5.74, 6) is 0.896. The zero-order chi connectivity index (χ0) is 9.90. The summed E-state index contributed by atoms with van der Waals surface area (Å²) >= 11 is 0. The Kier molecular flexibility index (Phi) is 3.40. The van der Waals surface area contributed by atoms with Gasteiger partial charge in [0, 0.05) is 17.7 Å². The quantitative estimate of drug-likeness (QED) is 0.654. The molecule has 0 radical (unpaired) electrons. The molecular weight excluding hydrogens is 158 g/mol. The maximum Gasteiger partial charge on any atom is 0.0146 e. The largest absolute Gasteiger partial charge is 0.388 e. The Hall–Kier alpha value is -0.460. The highest BCUT2D eigenvalue weighted by atomic mass is 14.9. The molecule has 0 bridgehead atoms. The third-order valence-corrected chi connectivity index (χ3v) is 2.91. The first kappa shape index (κ1) is 10.6. The molecule has 0 aromatic heterocycles. The van der Waals surface area contributed by atoms with Crippen LogP contribution in [0.5, 0.6) is 0 Å². The summed E-state index contributed by atoms with van der Waals surface area (Å²) in [6, 6.07) is 0. The second-order valence-corrected chi connectivity index (χ2v) is 5.09. The van der Waals surface area contributed by atoms with Crippen LogP contribution in [0, 0.1) is 11.3 Å². The maximum absolute atomic E-state index is 3.55. The van der Waals surface area contributed by atoms with E-state index in [9.17, 15) is 0 Å². The van der Waals surface area contributed by atoms with Gasteiger partial charge >= 0.3 is 0 Å². The van der Waals surface area contributed by atoms with Crippen LogP contribution in [-0.4, -0.2) is 6.54 Å². The zero-order valence-corrected chi connectivity index (χ0v) is 9.48. The van der Waals surface area contributed by atoms with E-state index in [0.29, 0.717) is 5.41 Å². The monoisotopic (exact) mass is 181 g/mol. The van der Waals surface area contributed by atoms with Crippen LogP contribution in [0.4, 0.5) is 0 Å². The molecule has 0 aliphatic carbocycles. The Labute approximate surface area is 82.6 Å². The minimum Gasteiger partial charge on any atom is -0.388 e. The molecule has 0 aromatic rings. The molecule has 0 spiro atoms. The van der Waals surface area contributed by atoms with Crippen molar-refractivity contribution >= 4 is 0 Å². The van der Waals surface area contributed by atoms with Gasteiger partial charge in [-0.05, 0) is 18.8 Å². The lowest BCUT2D eigenvalue weighted by Crippen LogP contribution is -2.24. The summed E-state index contributed by atoms with van der Waals surface area (Å²) in [6.07, 6.45) is 6.31. The molecule has 1 unspecified atom stereocenters. The van der Waals surface area contributed by atoms with Gasteiger partial charge in [0.1, 0.15) is 0 Å². The van der Waals surface area contributed by atoms with Gasteiger partial charge in [0.15, 0.2) is 0 Å². The van der Waals surface area contributed by atoms with Gasteiger partial charge in [0.05, 0.1) is 0 Å². The topological polar surface area (TPSA) is 12.0 Å². The van der Waals surface area contributed by atoms with Gasteiger partial charge in [-0.25, -0.2) is 0 Å². The SMILES string of the molecule is CCC1CC=C(C(C)(C)C)NCC1. The second kappa shape index (κ2) is 4.17. The van der Waals surface area contributed by atoms with Gasteiger partial charge < -0.3 is 5.32 Å². The summed E-state index contributed by atoms with van der Waals surface area (Å²) in [7, 11) is 0. The summed E-state index contributed by atoms with van der Waals surface area (Å²) in [4.78, 5) is 0. The Morgan fingerprint density at radius 3 is 2.69 bits per heavy atom. The fraction of sp³-hybridized carbons (Fsp3) is 0.833. The van der Waals surface area contributed by atoms with Gasteiger partial charge in [0.25, 0.3) is 0 Å². The number of hydrogen-bond donors (Lipinski definition) is 1. The van der Waals surface area contributed by atoms with Crippen LogP contribution in [0.1, 0.15) is 47.0 Å². The molecule has 1 N–H and O–H groups in total. The Morgan fingerprint density at radius 1 is 1.46 bits per heavy atom. The minimum atomic E-state index is 0.294. The molecule has 1 rings (SSSR count). The van der Waals surface area contributed by atoms with E-state index in [1.54, 1.807) is 0 Å². The second-order valence-electron chi connectivity index (χ2n) is 5.09. The standard InChI is InChI=1S/C12H23N/c1-5-10-6-7-11(12(2,3)4)13-9-8-10/h7,10,13H,5-6,8-9H2,1-4H3. The highest BCUT2D eigenvalue weighted by molar-refractivity contribution is 5.10. The van der Waals surface area contributed by atoms with Crippen molar-refractivity contribution in [3.63, 3.8) is 0 Å². The van der Waals surface area contributed by atoms with Crippen LogP contribution in [0.25, 0.3) is 0 Å². The van der Waals surface area contributed by atoms with Crippen molar-refractivity contribution in [1.29, 1.82) is 0 Å². The number of rotatable bonds is 1. The number of nitrogens with one attached hydrogen (secondary N) is 1. The van der Waals surface area contributed by atoms with E-state index < -0.39 is 0 Å². The highest BCUT2D eigenvalue weighted by Gasteiger charge is 2.19. The fourth-order valence-corrected chi connectivity index (χ4v) is 1.83. The smallest absolute Gasteiger partial charge is 0.0146 e. The van der Waals surface area contributed by atoms with Crippen LogP contribution in [0.3, 0.4) is 0 Å². The molecule has 0 saturated carbocycles. The highest BCUT2D eigenvalue weighted by Crippen LogP contribution is 2.27. The van der Waals surface area contributed by atoms with E-state index in [-0.39, 0.29) is 0 Å². The minimum absolute atomic E-state index is 0.294.